The normalized spacial score (nSPS) is 11.3. The molecule has 0 unspecified atom stereocenters. The molecule has 0 saturated heterocycles. The van der Waals surface area contributed by atoms with E-state index in [9.17, 15) is 8.78 Å². The van der Waals surface area contributed by atoms with Crippen LogP contribution in [0.4, 0.5) is 8.78 Å². The van der Waals surface area contributed by atoms with Crippen LogP contribution < -0.4 is 5.32 Å². The molecule has 2 aromatic rings. The standard InChI is InChI=1S/C15H19F2N3S/c1-10(2)8-18-9-11-6-12(16)14(13(17)7-11)21-15-19-4-5-20(15)3/h4-7,10,18H,8-9H2,1-3H3. The molecule has 0 fully saturated rings. The molecule has 21 heavy (non-hydrogen) atoms. The molecule has 0 bridgehead atoms. The summed E-state index contributed by atoms with van der Waals surface area (Å²) in [5.74, 6) is -0.605. The highest BCUT2D eigenvalue weighted by Crippen LogP contribution is 2.31. The van der Waals surface area contributed by atoms with Crippen LogP contribution in [0, 0.1) is 17.6 Å². The third kappa shape index (κ3) is 4.28. The maximum atomic E-state index is 14.1. The number of halogens is 2. The van der Waals surface area contributed by atoms with Crippen LogP contribution >= 0.6 is 11.8 Å². The summed E-state index contributed by atoms with van der Waals surface area (Å²) in [5, 5.41) is 3.73. The highest BCUT2D eigenvalue weighted by atomic mass is 32.2. The summed E-state index contributed by atoms with van der Waals surface area (Å²) in [6.45, 7) is 5.44. The number of nitrogens with zero attached hydrogens (tertiary/aromatic N) is 2. The Labute approximate surface area is 127 Å². The molecule has 0 radical (unpaired) electrons. The van der Waals surface area contributed by atoms with Crippen molar-refractivity contribution in [1.82, 2.24) is 14.9 Å². The van der Waals surface area contributed by atoms with Crippen LogP contribution in [0.2, 0.25) is 0 Å². The predicted molar refractivity (Wildman–Crippen MR) is 80.2 cm³/mol. The Morgan fingerprint density at radius 1 is 1.29 bits per heavy atom. The van der Waals surface area contributed by atoms with Crippen LogP contribution in [0.25, 0.3) is 0 Å². The molecule has 0 aliphatic heterocycles. The van der Waals surface area contributed by atoms with E-state index in [1.54, 1.807) is 24.0 Å². The molecule has 1 aromatic carbocycles. The second-order valence-electron chi connectivity index (χ2n) is 5.34. The smallest absolute Gasteiger partial charge is 0.172 e. The van der Waals surface area contributed by atoms with Crippen molar-refractivity contribution in [3.63, 3.8) is 0 Å². The Morgan fingerprint density at radius 2 is 1.95 bits per heavy atom. The van der Waals surface area contributed by atoms with Crippen molar-refractivity contribution in [3.05, 3.63) is 41.7 Å². The zero-order chi connectivity index (χ0) is 15.4. The molecule has 2 rings (SSSR count). The minimum Gasteiger partial charge on any atom is -0.329 e. The zero-order valence-corrected chi connectivity index (χ0v) is 13.2. The largest absolute Gasteiger partial charge is 0.329 e. The van der Waals surface area contributed by atoms with E-state index in [1.807, 2.05) is 0 Å². The van der Waals surface area contributed by atoms with Gasteiger partial charge in [-0.3, -0.25) is 0 Å². The second kappa shape index (κ2) is 7.04. The Morgan fingerprint density at radius 3 is 2.48 bits per heavy atom. The number of hydrogen-bond acceptors (Lipinski definition) is 3. The van der Waals surface area contributed by atoms with Crippen molar-refractivity contribution >= 4 is 11.8 Å². The van der Waals surface area contributed by atoms with Crippen LogP contribution in [0.5, 0.6) is 0 Å². The van der Waals surface area contributed by atoms with E-state index in [1.165, 1.54) is 12.1 Å². The molecule has 0 aliphatic carbocycles. The summed E-state index contributed by atoms with van der Waals surface area (Å²) in [5.41, 5.74) is 0.606. The Kier molecular flexibility index (Phi) is 5.36. The van der Waals surface area contributed by atoms with E-state index < -0.39 is 11.6 Å². The van der Waals surface area contributed by atoms with E-state index in [0.29, 0.717) is 23.2 Å². The lowest BCUT2D eigenvalue weighted by Gasteiger charge is -2.10. The SMILES string of the molecule is CC(C)CNCc1cc(F)c(Sc2nccn2C)c(F)c1. The van der Waals surface area contributed by atoms with E-state index in [0.717, 1.165) is 18.3 Å². The lowest BCUT2D eigenvalue weighted by Crippen LogP contribution is -2.19. The van der Waals surface area contributed by atoms with Gasteiger partial charge < -0.3 is 9.88 Å². The van der Waals surface area contributed by atoms with Crippen molar-refractivity contribution in [2.45, 2.75) is 30.4 Å². The molecule has 114 valence electrons. The monoisotopic (exact) mass is 311 g/mol. The first-order valence-corrected chi connectivity index (χ1v) is 7.63. The summed E-state index contributed by atoms with van der Waals surface area (Å²) >= 11 is 0.993. The number of hydrogen-bond donors (Lipinski definition) is 1. The van der Waals surface area contributed by atoms with Gasteiger partial charge in [0, 0.05) is 26.0 Å². The first kappa shape index (κ1) is 16.0. The van der Waals surface area contributed by atoms with Gasteiger partial charge in [0.2, 0.25) is 0 Å². The maximum Gasteiger partial charge on any atom is 0.172 e. The van der Waals surface area contributed by atoms with E-state index >= 15 is 0 Å². The fraction of sp³-hybridized carbons (Fsp3) is 0.400. The predicted octanol–water partition coefficient (Wildman–Crippen LogP) is 3.60. The van der Waals surface area contributed by atoms with Gasteiger partial charge in [0.15, 0.2) is 5.16 Å². The Bertz CT molecular complexity index is 588. The van der Waals surface area contributed by atoms with Gasteiger partial charge in [-0.25, -0.2) is 13.8 Å². The van der Waals surface area contributed by atoms with Crippen molar-refractivity contribution < 1.29 is 8.78 Å². The van der Waals surface area contributed by atoms with Crippen LogP contribution in [0.3, 0.4) is 0 Å². The quantitative estimate of drug-likeness (QED) is 0.884. The van der Waals surface area contributed by atoms with Crippen LogP contribution in [0.15, 0.2) is 34.6 Å². The van der Waals surface area contributed by atoms with Crippen LogP contribution in [0.1, 0.15) is 19.4 Å². The molecule has 0 spiro atoms. The molecular formula is C15H19F2N3S. The molecule has 0 amide bonds. The highest BCUT2D eigenvalue weighted by Gasteiger charge is 2.14. The van der Waals surface area contributed by atoms with Gasteiger partial charge >= 0.3 is 0 Å². The van der Waals surface area contributed by atoms with Crippen molar-refractivity contribution in [3.8, 4) is 0 Å². The average molecular weight is 311 g/mol. The molecular weight excluding hydrogens is 292 g/mol. The molecule has 1 aromatic heterocycles. The lowest BCUT2D eigenvalue weighted by molar-refractivity contribution is 0.525. The molecule has 1 N–H and O–H groups in total. The first-order valence-electron chi connectivity index (χ1n) is 6.81. The molecule has 0 aliphatic rings. The Hall–Kier alpha value is -1.40. The maximum absolute atomic E-state index is 14.1. The minimum atomic E-state index is -0.552. The van der Waals surface area contributed by atoms with Crippen molar-refractivity contribution in [1.29, 1.82) is 0 Å². The van der Waals surface area contributed by atoms with Crippen molar-refractivity contribution in [2.24, 2.45) is 13.0 Å². The number of imidazole rings is 1. The third-order valence-corrected chi connectivity index (χ3v) is 4.08. The van der Waals surface area contributed by atoms with Crippen molar-refractivity contribution in [2.75, 3.05) is 6.54 Å². The lowest BCUT2D eigenvalue weighted by atomic mass is 10.2. The molecule has 1 heterocycles. The van der Waals surface area contributed by atoms with E-state index in [4.69, 9.17) is 0 Å². The summed E-state index contributed by atoms with van der Waals surface area (Å²) in [7, 11) is 1.79. The summed E-state index contributed by atoms with van der Waals surface area (Å²) in [4.78, 5) is 4.05. The number of nitrogens with one attached hydrogen (secondary N) is 1. The van der Waals surface area contributed by atoms with Gasteiger partial charge in [-0.1, -0.05) is 13.8 Å². The van der Waals surface area contributed by atoms with Crippen LogP contribution in [-0.4, -0.2) is 16.1 Å². The van der Waals surface area contributed by atoms with E-state index in [-0.39, 0.29) is 4.90 Å². The van der Waals surface area contributed by atoms with E-state index in [2.05, 4.69) is 24.1 Å². The van der Waals surface area contributed by atoms with Gasteiger partial charge in [-0.05, 0) is 41.9 Å². The summed E-state index contributed by atoms with van der Waals surface area (Å²) in [6, 6.07) is 2.75. The summed E-state index contributed by atoms with van der Waals surface area (Å²) in [6.07, 6.45) is 3.34. The topological polar surface area (TPSA) is 29.9 Å². The molecule has 6 heteroatoms. The van der Waals surface area contributed by atoms with Gasteiger partial charge in [0.25, 0.3) is 0 Å². The first-order chi connectivity index (χ1) is 9.97. The number of benzene rings is 1. The molecule has 3 nitrogen and oxygen atoms in total. The number of rotatable bonds is 6. The summed E-state index contributed by atoms with van der Waals surface area (Å²) < 4.78 is 29.9. The zero-order valence-electron chi connectivity index (χ0n) is 12.4. The fourth-order valence-corrected chi connectivity index (χ4v) is 2.67. The number of aryl methyl sites for hydroxylation is 1. The molecule has 0 atom stereocenters. The fourth-order valence-electron chi connectivity index (χ4n) is 1.86. The Balaban J connectivity index is 2.12. The van der Waals surface area contributed by atoms with Gasteiger partial charge in [-0.15, -0.1) is 0 Å². The molecule has 0 saturated carbocycles. The second-order valence-corrected chi connectivity index (χ2v) is 6.31. The number of aromatic nitrogens is 2. The van der Waals surface area contributed by atoms with Gasteiger partial charge in [-0.2, -0.15) is 0 Å². The van der Waals surface area contributed by atoms with Crippen LogP contribution in [-0.2, 0) is 13.6 Å². The van der Waals surface area contributed by atoms with Gasteiger partial charge in [0.1, 0.15) is 11.6 Å². The van der Waals surface area contributed by atoms with Gasteiger partial charge in [0.05, 0.1) is 4.90 Å². The minimum absolute atomic E-state index is 0.0168. The third-order valence-electron chi connectivity index (χ3n) is 2.91. The average Bonchev–Trinajstić information content (AvgIpc) is 2.79. The highest BCUT2D eigenvalue weighted by molar-refractivity contribution is 7.99.